The van der Waals surface area contributed by atoms with Gasteiger partial charge in [-0.25, -0.2) is 4.79 Å². The Morgan fingerprint density at radius 3 is 2.71 bits per heavy atom. The quantitative estimate of drug-likeness (QED) is 0.729. The molecule has 4 nitrogen and oxygen atoms in total. The number of esters is 1. The summed E-state index contributed by atoms with van der Waals surface area (Å²) in [6.45, 7) is 5.00. The Hall–Kier alpha value is -1.29. The SMILES string of the molecule is COC(=O)c1c(C)cc(C)n1CCN. The zero-order valence-electron chi connectivity index (χ0n) is 8.83. The molecule has 0 amide bonds. The first-order valence-corrected chi connectivity index (χ1v) is 4.57. The molecule has 0 saturated carbocycles. The largest absolute Gasteiger partial charge is 0.464 e. The van der Waals surface area contributed by atoms with Crippen molar-refractivity contribution in [3.8, 4) is 0 Å². The topological polar surface area (TPSA) is 57.2 Å². The van der Waals surface area contributed by atoms with E-state index in [0.29, 0.717) is 18.8 Å². The van der Waals surface area contributed by atoms with E-state index < -0.39 is 0 Å². The van der Waals surface area contributed by atoms with E-state index >= 15 is 0 Å². The molecule has 0 aliphatic rings. The summed E-state index contributed by atoms with van der Waals surface area (Å²) in [5.41, 5.74) is 8.05. The summed E-state index contributed by atoms with van der Waals surface area (Å²) in [7, 11) is 1.39. The number of aryl methyl sites for hydroxylation is 2. The molecule has 78 valence electrons. The van der Waals surface area contributed by atoms with Crippen LogP contribution in [0.3, 0.4) is 0 Å². The number of ether oxygens (including phenoxy) is 1. The van der Waals surface area contributed by atoms with E-state index in [1.165, 1.54) is 7.11 Å². The van der Waals surface area contributed by atoms with E-state index in [-0.39, 0.29) is 5.97 Å². The summed E-state index contributed by atoms with van der Waals surface area (Å²) in [5, 5.41) is 0. The van der Waals surface area contributed by atoms with E-state index in [4.69, 9.17) is 10.5 Å². The third kappa shape index (κ3) is 1.80. The highest BCUT2D eigenvalue weighted by molar-refractivity contribution is 5.89. The van der Waals surface area contributed by atoms with Crippen molar-refractivity contribution >= 4 is 5.97 Å². The average Bonchev–Trinajstić information content (AvgIpc) is 2.42. The lowest BCUT2D eigenvalue weighted by Crippen LogP contribution is -2.17. The van der Waals surface area contributed by atoms with E-state index in [1.54, 1.807) is 0 Å². The fraction of sp³-hybridized carbons (Fsp3) is 0.500. The second kappa shape index (κ2) is 4.28. The summed E-state index contributed by atoms with van der Waals surface area (Å²) >= 11 is 0. The van der Waals surface area contributed by atoms with Crippen LogP contribution < -0.4 is 5.73 Å². The van der Waals surface area contributed by atoms with Gasteiger partial charge in [0.05, 0.1) is 7.11 Å². The van der Waals surface area contributed by atoms with Crippen LogP contribution in [0.2, 0.25) is 0 Å². The van der Waals surface area contributed by atoms with Crippen molar-refractivity contribution < 1.29 is 9.53 Å². The number of hydrogen-bond acceptors (Lipinski definition) is 3. The van der Waals surface area contributed by atoms with Crippen LogP contribution in [0.15, 0.2) is 6.07 Å². The molecule has 0 saturated heterocycles. The van der Waals surface area contributed by atoms with Crippen LogP contribution in [-0.2, 0) is 11.3 Å². The molecule has 0 aromatic carbocycles. The molecule has 0 atom stereocenters. The van der Waals surface area contributed by atoms with Crippen molar-refractivity contribution in [3.05, 3.63) is 23.0 Å². The van der Waals surface area contributed by atoms with Gasteiger partial charge in [-0.1, -0.05) is 0 Å². The lowest BCUT2D eigenvalue weighted by Gasteiger charge is -2.08. The van der Waals surface area contributed by atoms with Crippen molar-refractivity contribution in [2.24, 2.45) is 5.73 Å². The van der Waals surface area contributed by atoms with Gasteiger partial charge < -0.3 is 15.0 Å². The second-order valence-corrected chi connectivity index (χ2v) is 3.25. The van der Waals surface area contributed by atoms with Gasteiger partial charge in [0.2, 0.25) is 0 Å². The zero-order valence-corrected chi connectivity index (χ0v) is 8.83. The van der Waals surface area contributed by atoms with Gasteiger partial charge in [-0.05, 0) is 25.5 Å². The Morgan fingerprint density at radius 1 is 1.57 bits per heavy atom. The van der Waals surface area contributed by atoms with Gasteiger partial charge in [0, 0.05) is 18.8 Å². The molecule has 0 bridgehead atoms. The molecule has 0 radical (unpaired) electrons. The minimum absolute atomic E-state index is 0.302. The maximum Gasteiger partial charge on any atom is 0.354 e. The van der Waals surface area contributed by atoms with E-state index in [9.17, 15) is 4.79 Å². The molecule has 0 spiro atoms. The summed E-state index contributed by atoms with van der Waals surface area (Å²) in [4.78, 5) is 11.5. The normalized spacial score (nSPS) is 10.3. The molecule has 1 aromatic rings. The monoisotopic (exact) mass is 196 g/mol. The Balaban J connectivity index is 3.17. The molecular weight excluding hydrogens is 180 g/mol. The van der Waals surface area contributed by atoms with Crippen molar-refractivity contribution in [3.63, 3.8) is 0 Å². The fourth-order valence-electron chi connectivity index (χ4n) is 1.63. The van der Waals surface area contributed by atoms with Crippen molar-refractivity contribution in [2.75, 3.05) is 13.7 Å². The predicted octanol–water partition coefficient (Wildman–Crippen LogP) is 0.850. The molecule has 0 aliphatic heterocycles. The Morgan fingerprint density at radius 2 is 2.21 bits per heavy atom. The number of methoxy groups -OCH3 is 1. The van der Waals surface area contributed by atoms with Crippen molar-refractivity contribution in [2.45, 2.75) is 20.4 Å². The number of nitrogens with zero attached hydrogens (tertiary/aromatic N) is 1. The highest BCUT2D eigenvalue weighted by Crippen LogP contribution is 2.15. The number of rotatable bonds is 3. The highest BCUT2D eigenvalue weighted by atomic mass is 16.5. The summed E-state index contributed by atoms with van der Waals surface area (Å²) in [6.07, 6.45) is 0. The Bertz CT molecular complexity index is 342. The Kier molecular flexibility index (Phi) is 3.30. The van der Waals surface area contributed by atoms with Crippen molar-refractivity contribution in [1.29, 1.82) is 0 Å². The molecule has 2 N–H and O–H groups in total. The van der Waals surface area contributed by atoms with Crippen LogP contribution >= 0.6 is 0 Å². The fourth-order valence-corrected chi connectivity index (χ4v) is 1.63. The van der Waals surface area contributed by atoms with Gasteiger partial charge in [-0.2, -0.15) is 0 Å². The highest BCUT2D eigenvalue weighted by Gasteiger charge is 2.16. The number of carbonyl (C=O) groups is 1. The predicted molar refractivity (Wildman–Crippen MR) is 54.3 cm³/mol. The smallest absolute Gasteiger partial charge is 0.354 e. The molecule has 0 unspecified atom stereocenters. The van der Waals surface area contributed by atoms with Gasteiger partial charge in [-0.15, -0.1) is 0 Å². The molecule has 0 fully saturated rings. The van der Waals surface area contributed by atoms with E-state index in [0.717, 1.165) is 11.3 Å². The van der Waals surface area contributed by atoms with Gasteiger partial charge in [0.15, 0.2) is 0 Å². The maximum absolute atomic E-state index is 11.5. The van der Waals surface area contributed by atoms with Gasteiger partial charge in [0.25, 0.3) is 0 Å². The average molecular weight is 196 g/mol. The van der Waals surface area contributed by atoms with Crippen LogP contribution in [0, 0.1) is 13.8 Å². The first kappa shape index (κ1) is 10.8. The van der Waals surface area contributed by atoms with Gasteiger partial charge in [-0.3, -0.25) is 0 Å². The number of aromatic nitrogens is 1. The second-order valence-electron chi connectivity index (χ2n) is 3.25. The molecular formula is C10H16N2O2. The third-order valence-corrected chi connectivity index (χ3v) is 2.23. The molecule has 1 aromatic heterocycles. The van der Waals surface area contributed by atoms with E-state index in [2.05, 4.69) is 0 Å². The summed E-state index contributed by atoms with van der Waals surface area (Å²) < 4.78 is 6.61. The Labute approximate surface area is 83.7 Å². The molecule has 1 heterocycles. The molecule has 4 heteroatoms. The minimum atomic E-state index is -0.302. The van der Waals surface area contributed by atoms with Crippen LogP contribution in [0.1, 0.15) is 21.7 Å². The maximum atomic E-state index is 11.5. The standard InChI is InChI=1S/C10H16N2O2/c1-7-6-8(2)12(5-4-11)9(7)10(13)14-3/h6H,4-5,11H2,1-3H3. The van der Waals surface area contributed by atoms with E-state index in [1.807, 2.05) is 24.5 Å². The first-order chi connectivity index (χ1) is 6.61. The van der Waals surface area contributed by atoms with Gasteiger partial charge >= 0.3 is 5.97 Å². The molecule has 0 aliphatic carbocycles. The number of hydrogen-bond donors (Lipinski definition) is 1. The lowest BCUT2D eigenvalue weighted by atomic mass is 10.2. The summed E-state index contributed by atoms with van der Waals surface area (Å²) in [6, 6.07) is 1.96. The van der Waals surface area contributed by atoms with Crippen LogP contribution in [-0.4, -0.2) is 24.2 Å². The zero-order chi connectivity index (χ0) is 10.7. The van der Waals surface area contributed by atoms with Gasteiger partial charge in [0.1, 0.15) is 5.69 Å². The summed E-state index contributed by atoms with van der Waals surface area (Å²) in [5.74, 6) is -0.302. The van der Waals surface area contributed by atoms with Crippen LogP contribution in [0.25, 0.3) is 0 Å². The lowest BCUT2D eigenvalue weighted by molar-refractivity contribution is 0.0587. The molecule has 1 rings (SSSR count). The number of carbonyl (C=O) groups excluding carboxylic acids is 1. The van der Waals surface area contributed by atoms with Crippen LogP contribution in [0.5, 0.6) is 0 Å². The third-order valence-electron chi connectivity index (χ3n) is 2.23. The first-order valence-electron chi connectivity index (χ1n) is 4.57. The van der Waals surface area contributed by atoms with Crippen LogP contribution in [0.4, 0.5) is 0 Å². The van der Waals surface area contributed by atoms with Crippen molar-refractivity contribution in [1.82, 2.24) is 4.57 Å². The molecule has 14 heavy (non-hydrogen) atoms. The minimum Gasteiger partial charge on any atom is -0.464 e. The number of nitrogens with two attached hydrogens (primary N) is 1.